The summed E-state index contributed by atoms with van der Waals surface area (Å²) in [6.07, 6.45) is 1.39. The molecule has 0 aliphatic carbocycles. The molecule has 1 rings (SSSR count). The van der Waals surface area contributed by atoms with Gasteiger partial charge in [0.15, 0.2) is 5.03 Å². The molecule has 2 N–H and O–H groups in total. The summed E-state index contributed by atoms with van der Waals surface area (Å²) >= 11 is 0. The third-order valence-corrected chi connectivity index (χ3v) is 3.21. The van der Waals surface area contributed by atoms with Crippen LogP contribution in [-0.4, -0.2) is 37.9 Å². The lowest BCUT2D eigenvalue weighted by atomic mass is 10.4. The van der Waals surface area contributed by atoms with Gasteiger partial charge >= 0.3 is 0 Å². The van der Waals surface area contributed by atoms with Gasteiger partial charge in [-0.25, -0.2) is 13.1 Å². The molecule has 1 atom stereocenters. The summed E-state index contributed by atoms with van der Waals surface area (Å²) in [4.78, 5) is 0. The molecule has 0 amide bonds. The van der Waals surface area contributed by atoms with Crippen molar-refractivity contribution in [3.63, 3.8) is 0 Å². The molecule has 1 unspecified atom stereocenters. The van der Waals surface area contributed by atoms with Crippen LogP contribution < -0.4 is 4.72 Å². The molecule has 7 heteroatoms. The summed E-state index contributed by atoms with van der Waals surface area (Å²) in [5.74, 6) is 0. The van der Waals surface area contributed by atoms with E-state index < -0.39 is 10.0 Å². The number of nitrogens with one attached hydrogen (secondary N) is 2. The molecular weight excluding hydrogens is 218 g/mol. The van der Waals surface area contributed by atoms with Gasteiger partial charge in [-0.2, -0.15) is 5.10 Å². The Bertz CT molecular complexity index is 374. The molecule has 0 saturated heterocycles. The maximum Gasteiger partial charge on any atom is 0.257 e. The zero-order valence-corrected chi connectivity index (χ0v) is 9.54. The monoisotopic (exact) mass is 233 g/mol. The van der Waals surface area contributed by atoms with E-state index in [2.05, 4.69) is 14.9 Å². The summed E-state index contributed by atoms with van der Waals surface area (Å²) in [6.45, 7) is 4.51. The fourth-order valence-corrected chi connectivity index (χ4v) is 2.19. The molecule has 0 fully saturated rings. The van der Waals surface area contributed by atoms with E-state index in [1.807, 2.05) is 6.92 Å². The summed E-state index contributed by atoms with van der Waals surface area (Å²) < 4.78 is 30.8. The number of rotatable bonds is 6. The number of sulfonamides is 1. The second-order valence-corrected chi connectivity index (χ2v) is 4.79. The first-order valence-electron chi connectivity index (χ1n) is 4.65. The first kappa shape index (κ1) is 12.2. The van der Waals surface area contributed by atoms with Crippen LogP contribution in [0.5, 0.6) is 0 Å². The fraction of sp³-hybridized carbons (Fsp3) is 0.625. The second kappa shape index (κ2) is 5.24. The molecular formula is C8H15N3O3S. The standard InChI is InChI=1S/C8H15N3O3S/c1-3-14-6-7(2)11-15(12,13)8-4-5-9-10-8/h4-5,7,11H,3,6H2,1-2H3,(H,9,10). The van der Waals surface area contributed by atoms with Crippen LogP contribution in [0.1, 0.15) is 13.8 Å². The third kappa shape index (κ3) is 3.61. The molecule has 86 valence electrons. The van der Waals surface area contributed by atoms with E-state index in [-0.39, 0.29) is 11.1 Å². The molecule has 6 nitrogen and oxygen atoms in total. The largest absolute Gasteiger partial charge is 0.380 e. The van der Waals surface area contributed by atoms with Gasteiger partial charge in [0.1, 0.15) is 0 Å². The zero-order valence-electron chi connectivity index (χ0n) is 8.73. The lowest BCUT2D eigenvalue weighted by molar-refractivity contribution is 0.133. The summed E-state index contributed by atoms with van der Waals surface area (Å²) in [5.41, 5.74) is 0. The minimum atomic E-state index is -3.49. The average molecular weight is 233 g/mol. The Hall–Kier alpha value is -0.920. The van der Waals surface area contributed by atoms with Crippen LogP contribution in [0.3, 0.4) is 0 Å². The van der Waals surface area contributed by atoms with Crippen LogP contribution >= 0.6 is 0 Å². The van der Waals surface area contributed by atoms with Crippen molar-refractivity contribution >= 4 is 10.0 Å². The number of ether oxygens (including phenoxy) is 1. The van der Waals surface area contributed by atoms with Gasteiger partial charge in [0.25, 0.3) is 10.0 Å². The number of H-pyrrole nitrogens is 1. The van der Waals surface area contributed by atoms with Crippen LogP contribution in [0.2, 0.25) is 0 Å². The van der Waals surface area contributed by atoms with E-state index in [9.17, 15) is 8.42 Å². The fourth-order valence-electron chi connectivity index (χ4n) is 1.05. The quantitative estimate of drug-likeness (QED) is 0.730. The van der Waals surface area contributed by atoms with E-state index in [1.54, 1.807) is 6.92 Å². The molecule has 1 aromatic heterocycles. The molecule has 0 aromatic carbocycles. The third-order valence-electron chi connectivity index (χ3n) is 1.69. The van der Waals surface area contributed by atoms with Gasteiger partial charge in [-0.3, -0.25) is 5.10 Å². The van der Waals surface area contributed by atoms with Gasteiger partial charge in [-0.15, -0.1) is 0 Å². The Morgan fingerprint density at radius 3 is 2.93 bits per heavy atom. The normalized spacial score (nSPS) is 14.0. The highest BCUT2D eigenvalue weighted by molar-refractivity contribution is 7.89. The van der Waals surface area contributed by atoms with Crippen LogP contribution in [0.4, 0.5) is 0 Å². The molecule has 0 bridgehead atoms. The Balaban J connectivity index is 2.57. The predicted molar refractivity (Wildman–Crippen MR) is 54.9 cm³/mol. The van der Waals surface area contributed by atoms with E-state index in [0.29, 0.717) is 13.2 Å². The Labute approximate surface area is 89.1 Å². The lowest BCUT2D eigenvalue weighted by Gasteiger charge is -2.12. The number of aromatic amines is 1. The highest BCUT2D eigenvalue weighted by Crippen LogP contribution is 2.03. The molecule has 0 spiro atoms. The van der Waals surface area contributed by atoms with Gasteiger partial charge in [0.2, 0.25) is 0 Å². The van der Waals surface area contributed by atoms with Crippen molar-refractivity contribution in [3.8, 4) is 0 Å². The van der Waals surface area contributed by atoms with Crippen molar-refractivity contribution in [2.75, 3.05) is 13.2 Å². The first-order valence-corrected chi connectivity index (χ1v) is 6.14. The van der Waals surface area contributed by atoms with E-state index >= 15 is 0 Å². The van der Waals surface area contributed by atoms with Gasteiger partial charge in [0.05, 0.1) is 12.8 Å². The Kier molecular flexibility index (Phi) is 4.25. The number of hydrogen-bond donors (Lipinski definition) is 2. The van der Waals surface area contributed by atoms with Gasteiger partial charge in [0, 0.05) is 12.6 Å². The maximum atomic E-state index is 11.6. The average Bonchev–Trinajstić information content (AvgIpc) is 2.67. The van der Waals surface area contributed by atoms with E-state index in [4.69, 9.17) is 4.74 Å². The molecule has 0 aliphatic heterocycles. The van der Waals surface area contributed by atoms with E-state index in [1.165, 1.54) is 12.3 Å². The zero-order chi connectivity index (χ0) is 11.3. The van der Waals surface area contributed by atoms with Crippen molar-refractivity contribution < 1.29 is 13.2 Å². The topological polar surface area (TPSA) is 84.1 Å². The van der Waals surface area contributed by atoms with Crippen molar-refractivity contribution in [2.45, 2.75) is 24.9 Å². The van der Waals surface area contributed by atoms with Gasteiger partial charge < -0.3 is 4.74 Å². The van der Waals surface area contributed by atoms with Crippen LogP contribution in [-0.2, 0) is 14.8 Å². The minimum absolute atomic E-state index is 0.0610. The van der Waals surface area contributed by atoms with Gasteiger partial charge in [-0.05, 0) is 19.9 Å². The number of aromatic nitrogens is 2. The highest BCUT2D eigenvalue weighted by atomic mass is 32.2. The van der Waals surface area contributed by atoms with Crippen molar-refractivity contribution in [3.05, 3.63) is 12.3 Å². The Morgan fingerprint density at radius 1 is 1.67 bits per heavy atom. The summed E-state index contributed by atoms with van der Waals surface area (Å²) in [7, 11) is -3.49. The molecule has 0 radical (unpaired) electrons. The molecule has 1 heterocycles. The summed E-state index contributed by atoms with van der Waals surface area (Å²) in [6, 6.07) is 1.13. The van der Waals surface area contributed by atoms with Crippen LogP contribution in [0, 0.1) is 0 Å². The molecule has 0 saturated carbocycles. The summed E-state index contributed by atoms with van der Waals surface area (Å²) in [5, 5.41) is 6.04. The predicted octanol–water partition coefficient (Wildman–Crippen LogP) is 0.113. The number of hydrogen-bond acceptors (Lipinski definition) is 4. The minimum Gasteiger partial charge on any atom is -0.380 e. The SMILES string of the molecule is CCOCC(C)NS(=O)(=O)c1ccn[nH]1. The molecule has 1 aromatic rings. The smallest absolute Gasteiger partial charge is 0.257 e. The van der Waals surface area contributed by atoms with Crippen LogP contribution in [0.25, 0.3) is 0 Å². The van der Waals surface area contributed by atoms with Crippen molar-refractivity contribution in [1.82, 2.24) is 14.9 Å². The van der Waals surface area contributed by atoms with Crippen molar-refractivity contribution in [2.24, 2.45) is 0 Å². The van der Waals surface area contributed by atoms with Crippen molar-refractivity contribution in [1.29, 1.82) is 0 Å². The van der Waals surface area contributed by atoms with Gasteiger partial charge in [-0.1, -0.05) is 0 Å². The number of nitrogens with zero attached hydrogens (tertiary/aromatic N) is 1. The lowest BCUT2D eigenvalue weighted by Crippen LogP contribution is -2.36. The maximum absolute atomic E-state index is 11.6. The van der Waals surface area contributed by atoms with E-state index in [0.717, 1.165) is 0 Å². The van der Waals surface area contributed by atoms with Crippen LogP contribution in [0.15, 0.2) is 17.3 Å². The first-order chi connectivity index (χ1) is 7.06. The molecule has 15 heavy (non-hydrogen) atoms. The highest BCUT2D eigenvalue weighted by Gasteiger charge is 2.18. The molecule has 0 aliphatic rings. The second-order valence-electron chi connectivity index (χ2n) is 3.10. The Morgan fingerprint density at radius 2 is 2.40 bits per heavy atom.